The summed E-state index contributed by atoms with van der Waals surface area (Å²) in [5.41, 5.74) is 0.684. The molecule has 0 aliphatic rings. The van der Waals surface area contributed by atoms with Crippen molar-refractivity contribution in [2.45, 2.75) is 26.3 Å². The lowest BCUT2D eigenvalue weighted by atomic mass is 10.1. The minimum absolute atomic E-state index is 0.0881. The van der Waals surface area contributed by atoms with Crippen LogP contribution in [0.2, 0.25) is 0 Å². The maximum absolute atomic E-state index is 10.7. The van der Waals surface area contributed by atoms with E-state index < -0.39 is 4.92 Å². The smallest absolute Gasteiger partial charge is 0.287 e. The van der Waals surface area contributed by atoms with Gasteiger partial charge in [-0.25, -0.2) is 0 Å². The van der Waals surface area contributed by atoms with Crippen molar-refractivity contribution in [3.63, 3.8) is 0 Å². The van der Waals surface area contributed by atoms with Gasteiger partial charge in [-0.2, -0.15) is 17.0 Å². The van der Waals surface area contributed by atoms with E-state index in [1.807, 2.05) is 17.8 Å². The lowest BCUT2D eigenvalue weighted by Crippen LogP contribution is -2.16. The molecule has 0 aliphatic carbocycles. The number of thioether (sulfide) groups is 1. The fourth-order valence-corrected chi connectivity index (χ4v) is 2.44. The molecule has 0 aromatic heterocycles. The first-order valence-corrected chi connectivity index (χ1v) is 7.26. The molecule has 0 bridgehead atoms. The first-order valence-electron chi connectivity index (χ1n) is 6.11. The van der Waals surface area contributed by atoms with Crippen LogP contribution in [0.15, 0.2) is 18.2 Å². The zero-order valence-corrected chi connectivity index (χ0v) is 11.9. The second kappa shape index (κ2) is 7.64. The molecule has 5 nitrogen and oxygen atoms in total. The zero-order chi connectivity index (χ0) is 14.3. The summed E-state index contributed by atoms with van der Waals surface area (Å²) in [6.45, 7) is 4.18. The molecule has 0 fully saturated rings. The van der Waals surface area contributed by atoms with E-state index in [0.29, 0.717) is 0 Å². The second-order valence-corrected chi connectivity index (χ2v) is 5.53. The van der Waals surface area contributed by atoms with E-state index in [4.69, 9.17) is 5.26 Å². The highest BCUT2D eigenvalue weighted by atomic mass is 32.2. The fourth-order valence-electron chi connectivity index (χ4n) is 1.64. The number of hydrogen-bond acceptors (Lipinski definition) is 5. The summed E-state index contributed by atoms with van der Waals surface area (Å²) in [5, 5.41) is 22.9. The molecule has 0 heterocycles. The Hall–Kier alpha value is -1.74. The zero-order valence-electron chi connectivity index (χ0n) is 11.0. The number of nitrogens with one attached hydrogen (secondary N) is 1. The Balaban J connectivity index is 2.70. The Bertz CT molecular complexity index is 485. The van der Waals surface area contributed by atoms with Crippen LogP contribution >= 0.6 is 11.8 Å². The van der Waals surface area contributed by atoms with Gasteiger partial charge in [0.2, 0.25) is 0 Å². The van der Waals surface area contributed by atoms with Gasteiger partial charge in [-0.3, -0.25) is 10.1 Å². The normalized spacial score (nSPS) is 11.6. The average molecular weight is 279 g/mol. The van der Waals surface area contributed by atoms with E-state index in [0.717, 1.165) is 23.6 Å². The second-order valence-electron chi connectivity index (χ2n) is 4.13. The molecule has 1 atom stereocenters. The van der Waals surface area contributed by atoms with Gasteiger partial charge in [-0.15, -0.1) is 0 Å². The van der Waals surface area contributed by atoms with Gasteiger partial charge in [0.15, 0.2) is 0 Å². The van der Waals surface area contributed by atoms with Crippen LogP contribution in [0.5, 0.6) is 0 Å². The lowest BCUT2D eigenvalue weighted by Gasteiger charge is -2.15. The third kappa shape index (κ3) is 4.79. The molecule has 6 heteroatoms. The predicted octanol–water partition coefficient (Wildman–Crippen LogP) is 3.41. The topological polar surface area (TPSA) is 79.0 Å². The van der Waals surface area contributed by atoms with Gasteiger partial charge in [-0.1, -0.05) is 6.92 Å². The minimum atomic E-state index is -0.538. The lowest BCUT2D eigenvalue weighted by molar-refractivity contribution is -0.385. The Morgan fingerprint density at radius 1 is 1.58 bits per heavy atom. The monoisotopic (exact) mass is 279 g/mol. The summed E-state index contributed by atoms with van der Waals surface area (Å²) in [6.07, 6.45) is 1.01. The molecule has 0 aliphatic heterocycles. The van der Waals surface area contributed by atoms with Crippen molar-refractivity contribution in [3.8, 4) is 6.07 Å². The van der Waals surface area contributed by atoms with Gasteiger partial charge in [-0.05, 0) is 37.0 Å². The molecule has 1 unspecified atom stereocenters. The molecule has 0 spiro atoms. The van der Waals surface area contributed by atoms with Gasteiger partial charge >= 0.3 is 0 Å². The summed E-state index contributed by atoms with van der Waals surface area (Å²) in [7, 11) is 0. The molecule has 1 N–H and O–H groups in total. The van der Waals surface area contributed by atoms with Crippen molar-refractivity contribution in [2.24, 2.45) is 0 Å². The van der Waals surface area contributed by atoms with Gasteiger partial charge in [0.1, 0.15) is 11.6 Å². The molecule has 0 saturated carbocycles. The molecule has 102 valence electrons. The average Bonchev–Trinajstić information content (AvgIpc) is 2.38. The van der Waals surface area contributed by atoms with Crippen molar-refractivity contribution in [3.05, 3.63) is 33.9 Å². The number of nitro groups is 1. The third-order valence-electron chi connectivity index (χ3n) is 2.63. The Labute approximate surface area is 117 Å². The highest BCUT2D eigenvalue weighted by molar-refractivity contribution is 7.99. The first kappa shape index (κ1) is 15.3. The number of benzene rings is 1. The predicted molar refractivity (Wildman–Crippen MR) is 78.5 cm³/mol. The fraction of sp³-hybridized carbons (Fsp3) is 0.462. The number of nitrogens with zero attached hydrogens (tertiary/aromatic N) is 2. The summed E-state index contributed by atoms with van der Waals surface area (Å²) < 4.78 is 0. The van der Waals surface area contributed by atoms with Crippen LogP contribution in [0.1, 0.15) is 25.8 Å². The van der Waals surface area contributed by atoms with Gasteiger partial charge in [0.25, 0.3) is 5.69 Å². The van der Waals surface area contributed by atoms with Crippen molar-refractivity contribution in [1.29, 1.82) is 5.26 Å². The highest BCUT2D eigenvalue weighted by Crippen LogP contribution is 2.22. The molecule has 0 saturated heterocycles. The maximum Gasteiger partial charge on any atom is 0.287 e. The molecule has 1 aromatic rings. The van der Waals surface area contributed by atoms with Crippen LogP contribution in [-0.2, 0) is 0 Å². The van der Waals surface area contributed by atoms with E-state index in [-0.39, 0.29) is 17.3 Å². The molecule has 0 radical (unpaired) electrons. The van der Waals surface area contributed by atoms with Crippen LogP contribution in [-0.4, -0.2) is 22.5 Å². The molecular formula is C13H17N3O2S. The Kier molecular flexibility index (Phi) is 6.16. The van der Waals surface area contributed by atoms with Gasteiger partial charge in [0.05, 0.1) is 4.92 Å². The standard InChI is InChI=1S/C13H17N3O2S/c1-3-19-7-6-10(2)15-12-4-5-13(16(17)18)11(8-12)9-14/h4-5,8,10,15H,3,6-7H2,1-2H3. The van der Waals surface area contributed by atoms with E-state index >= 15 is 0 Å². The SMILES string of the molecule is CCSCCC(C)Nc1ccc([N+](=O)[O-])c(C#N)c1. The molecule has 0 amide bonds. The van der Waals surface area contributed by atoms with E-state index in [1.165, 1.54) is 12.1 Å². The number of rotatable bonds is 7. The van der Waals surface area contributed by atoms with E-state index in [9.17, 15) is 10.1 Å². The maximum atomic E-state index is 10.7. The van der Waals surface area contributed by atoms with Crippen molar-refractivity contribution >= 4 is 23.1 Å². The largest absolute Gasteiger partial charge is 0.383 e. The number of nitriles is 1. The van der Waals surface area contributed by atoms with E-state index in [1.54, 1.807) is 6.07 Å². The minimum Gasteiger partial charge on any atom is -0.383 e. The van der Waals surface area contributed by atoms with Crippen molar-refractivity contribution in [2.75, 3.05) is 16.8 Å². The number of nitro benzene ring substituents is 1. The van der Waals surface area contributed by atoms with Crippen LogP contribution in [0.25, 0.3) is 0 Å². The third-order valence-corrected chi connectivity index (χ3v) is 3.56. The molecule has 1 aromatic carbocycles. The molecule has 1 rings (SSSR count). The summed E-state index contributed by atoms with van der Waals surface area (Å²) >= 11 is 1.88. The quantitative estimate of drug-likeness (QED) is 0.470. The van der Waals surface area contributed by atoms with Gasteiger partial charge in [0, 0.05) is 17.8 Å². The molecular weight excluding hydrogens is 262 g/mol. The Morgan fingerprint density at radius 3 is 2.89 bits per heavy atom. The molecule has 19 heavy (non-hydrogen) atoms. The van der Waals surface area contributed by atoms with Crippen LogP contribution in [0, 0.1) is 21.4 Å². The number of anilines is 1. The summed E-state index contributed by atoms with van der Waals surface area (Å²) in [5.74, 6) is 2.17. The van der Waals surface area contributed by atoms with E-state index in [2.05, 4.69) is 19.2 Å². The van der Waals surface area contributed by atoms with Crippen LogP contribution in [0.4, 0.5) is 11.4 Å². The van der Waals surface area contributed by atoms with Crippen LogP contribution in [0.3, 0.4) is 0 Å². The van der Waals surface area contributed by atoms with Crippen LogP contribution < -0.4 is 5.32 Å². The van der Waals surface area contributed by atoms with Crippen molar-refractivity contribution in [1.82, 2.24) is 0 Å². The Morgan fingerprint density at radius 2 is 2.32 bits per heavy atom. The first-order chi connectivity index (χ1) is 9.08. The van der Waals surface area contributed by atoms with Crippen molar-refractivity contribution < 1.29 is 4.92 Å². The summed E-state index contributed by atoms with van der Waals surface area (Å²) in [6, 6.07) is 6.67. The van der Waals surface area contributed by atoms with Gasteiger partial charge < -0.3 is 5.32 Å². The summed E-state index contributed by atoms with van der Waals surface area (Å²) in [4.78, 5) is 10.2. The number of hydrogen-bond donors (Lipinski definition) is 1. The highest BCUT2D eigenvalue weighted by Gasteiger charge is 2.14.